The highest BCUT2D eigenvalue weighted by Crippen LogP contribution is 2.49. The first-order valence-electron chi connectivity index (χ1n) is 4.34. The maximum Gasteiger partial charge on any atom is 0.252 e. The molecule has 1 aromatic carbocycles. The molecule has 1 aliphatic rings. The highest BCUT2D eigenvalue weighted by Gasteiger charge is 2.55. The average Bonchev–Trinajstić information content (AvgIpc) is 2.01. The van der Waals surface area contributed by atoms with Crippen molar-refractivity contribution in [3.63, 3.8) is 0 Å². The van der Waals surface area contributed by atoms with Gasteiger partial charge in [0.2, 0.25) is 0 Å². The van der Waals surface area contributed by atoms with Crippen molar-refractivity contribution in [3.05, 3.63) is 35.6 Å². The quantitative estimate of drug-likeness (QED) is 0.741. The number of halogens is 3. The van der Waals surface area contributed by atoms with Crippen molar-refractivity contribution in [2.24, 2.45) is 5.73 Å². The van der Waals surface area contributed by atoms with Crippen LogP contribution >= 0.6 is 0 Å². The molecule has 0 atom stereocenters. The van der Waals surface area contributed by atoms with Gasteiger partial charge >= 0.3 is 0 Å². The average molecular weight is 201 g/mol. The number of rotatable bonds is 1. The van der Waals surface area contributed by atoms with E-state index in [2.05, 4.69) is 0 Å². The van der Waals surface area contributed by atoms with Crippen LogP contribution in [0.25, 0.3) is 0 Å². The molecular formula is C10H10F3N. The zero-order chi connectivity index (χ0) is 10.4. The molecule has 0 radical (unpaired) electrons. The zero-order valence-electron chi connectivity index (χ0n) is 7.43. The fourth-order valence-electron chi connectivity index (χ4n) is 1.86. The molecule has 0 aliphatic heterocycles. The Balaban J connectivity index is 2.21. The molecule has 1 aromatic rings. The first-order chi connectivity index (χ1) is 6.41. The Labute approximate surface area is 79.7 Å². The minimum absolute atomic E-state index is 0.356. The predicted molar refractivity (Wildman–Crippen MR) is 46.4 cm³/mol. The van der Waals surface area contributed by atoms with Gasteiger partial charge in [0.25, 0.3) is 5.92 Å². The van der Waals surface area contributed by atoms with Crippen LogP contribution in [0.5, 0.6) is 0 Å². The van der Waals surface area contributed by atoms with Crippen LogP contribution in [0.4, 0.5) is 13.2 Å². The van der Waals surface area contributed by atoms with E-state index in [-0.39, 0.29) is 18.7 Å². The highest BCUT2D eigenvalue weighted by molar-refractivity contribution is 5.29. The summed E-state index contributed by atoms with van der Waals surface area (Å²) in [7, 11) is 0. The minimum Gasteiger partial charge on any atom is -0.321 e. The van der Waals surface area contributed by atoms with Crippen LogP contribution in [0.2, 0.25) is 0 Å². The summed E-state index contributed by atoms with van der Waals surface area (Å²) in [6.45, 7) is 0. The predicted octanol–water partition coefficient (Wildman–Crippen LogP) is 2.41. The molecule has 0 saturated heterocycles. The van der Waals surface area contributed by atoms with E-state index in [4.69, 9.17) is 5.73 Å². The van der Waals surface area contributed by atoms with E-state index >= 15 is 0 Å². The molecular weight excluding hydrogens is 191 g/mol. The van der Waals surface area contributed by atoms with Crippen molar-refractivity contribution in [1.29, 1.82) is 0 Å². The van der Waals surface area contributed by atoms with E-state index in [1.54, 1.807) is 0 Å². The molecule has 0 aromatic heterocycles. The SMILES string of the molecule is NC1(c2ccc(F)cc2)CC(F)(F)C1. The van der Waals surface area contributed by atoms with Gasteiger partial charge in [-0.2, -0.15) is 0 Å². The lowest BCUT2D eigenvalue weighted by Crippen LogP contribution is -2.55. The first-order valence-corrected chi connectivity index (χ1v) is 4.34. The monoisotopic (exact) mass is 201 g/mol. The fourth-order valence-corrected chi connectivity index (χ4v) is 1.86. The van der Waals surface area contributed by atoms with Gasteiger partial charge in [-0.05, 0) is 17.7 Å². The van der Waals surface area contributed by atoms with Crippen LogP contribution in [0.3, 0.4) is 0 Å². The molecule has 0 heterocycles. The lowest BCUT2D eigenvalue weighted by Gasteiger charge is -2.44. The van der Waals surface area contributed by atoms with Gasteiger partial charge in [-0.15, -0.1) is 0 Å². The summed E-state index contributed by atoms with van der Waals surface area (Å²) in [5.74, 6) is -3.05. The maximum absolute atomic E-state index is 12.6. The largest absolute Gasteiger partial charge is 0.321 e. The third kappa shape index (κ3) is 1.50. The summed E-state index contributed by atoms with van der Waals surface area (Å²) in [6, 6.07) is 5.40. The Bertz CT molecular complexity index is 337. The van der Waals surface area contributed by atoms with Gasteiger partial charge in [0.1, 0.15) is 5.82 Å². The molecule has 4 heteroatoms. The van der Waals surface area contributed by atoms with Gasteiger partial charge in [-0.25, -0.2) is 13.2 Å². The smallest absolute Gasteiger partial charge is 0.252 e. The molecule has 1 saturated carbocycles. The van der Waals surface area contributed by atoms with E-state index in [0.29, 0.717) is 5.56 Å². The van der Waals surface area contributed by atoms with Crippen molar-refractivity contribution < 1.29 is 13.2 Å². The summed E-state index contributed by atoms with van der Waals surface area (Å²) in [5.41, 5.74) is 5.35. The third-order valence-electron chi connectivity index (χ3n) is 2.57. The van der Waals surface area contributed by atoms with Gasteiger partial charge in [0.15, 0.2) is 0 Å². The Morgan fingerprint density at radius 2 is 1.57 bits per heavy atom. The number of hydrogen-bond acceptors (Lipinski definition) is 1. The molecule has 0 bridgehead atoms. The highest BCUT2D eigenvalue weighted by atomic mass is 19.3. The second kappa shape index (κ2) is 2.73. The van der Waals surface area contributed by atoms with Gasteiger partial charge in [-0.1, -0.05) is 12.1 Å². The van der Waals surface area contributed by atoms with Gasteiger partial charge < -0.3 is 5.73 Å². The Kier molecular flexibility index (Phi) is 1.86. The molecule has 1 fully saturated rings. The summed E-state index contributed by atoms with van der Waals surface area (Å²) >= 11 is 0. The van der Waals surface area contributed by atoms with Gasteiger partial charge in [-0.3, -0.25) is 0 Å². The Morgan fingerprint density at radius 3 is 2.00 bits per heavy atom. The standard InChI is InChI=1S/C10H10F3N/c11-8-3-1-7(2-4-8)9(14)5-10(12,13)6-9/h1-4H,5-6,14H2. The lowest BCUT2D eigenvalue weighted by atomic mass is 9.70. The molecule has 0 unspecified atom stereocenters. The minimum atomic E-state index is -2.66. The summed E-state index contributed by atoms with van der Waals surface area (Å²) < 4.78 is 37.8. The van der Waals surface area contributed by atoms with Crippen LogP contribution in [0.1, 0.15) is 18.4 Å². The summed E-state index contributed by atoms with van der Waals surface area (Å²) in [5, 5.41) is 0. The van der Waals surface area contributed by atoms with Crippen LogP contribution in [-0.2, 0) is 5.54 Å². The van der Waals surface area contributed by atoms with E-state index in [1.165, 1.54) is 24.3 Å². The molecule has 2 N–H and O–H groups in total. The Morgan fingerprint density at radius 1 is 1.07 bits per heavy atom. The number of benzene rings is 1. The molecule has 0 amide bonds. The second-order valence-electron chi connectivity index (χ2n) is 3.87. The normalized spacial score (nSPS) is 22.9. The van der Waals surface area contributed by atoms with E-state index in [1.807, 2.05) is 0 Å². The van der Waals surface area contributed by atoms with Crippen LogP contribution in [-0.4, -0.2) is 5.92 Å². The summed E-state index contributed by atoms with van der Waals surface area (Å²) in [6.07, 6.45) is -0.711. The van der Waals surface area contributed by atoms with Crippen LogP contribution in [0.15, 0.2) is 24.3 Å². The van der Waals surface area contributed by atoms with Crippen molar-refractivity contribution in [3.8, 4) is 0 Å². The lowest BCUT2D eigenvalue weighted by molar-refractivity contribution is -0.125. The number of nitrogens with two attached hydrogens (primary N) is 1. The molecule has 1 aliphatic carbocycles. The zero-order valence-corrected chi connectivity index (χ0v) is 7.43. The molecule has 76 valence electrons. The van der Waals surface area contributed by atoms with Crippen molar-refractivity contribution >= 4 is 0 Å². The Hall–Kier alpha value is -1.03. The first kappa shape index (κ1) is 9.52. The molecule has 1 nitrogen and oxygen atoms in total. The van der Waals surface area contributed by atoms with Crippen molar-refractivity contribution in [2.45, 2.75) is 24.3 Å². The van der Waals surface area contributed by atoms with Crippen LogP contribution < -0.4 is 5.73 Å². The number of alkyl halides is 2. The molecule has 0 spiro atoms. The van der Waals surface area contributed by atoms with Gasteiger partial charge in [0, 0.05) is 12.8 Å². The fraction of sp³-hybridized carbons (Fsp3) is 0.400. The van der Waals surface area contributed by atoms with Gasteiger partial charge in [0.05, 0.1) is 5.54 Å². The number of hydrogen-bond donors (Lipinski definition) is 1. The van der Waals surface area contributed by atoms with Crippen LogP contribution in [0, 0.1) is 5.82 Å². The second-order valence-corrected chi connectivity index (χ2v) is 3.87. The maximum atomic E-state index is 12.6. The topological polar surface area (TPSA) is 26.0 Å². The van der Waals surface area contributed by atoms with E-state index in [9.17, 15) is 13.2 Å². The van der Waals surface area contributed by atoms with Crippen molar-refractivity contribution in [2.75, 3.05) is 0 Å². The molecule has 14 heavy (non-hydrogen) atoms. The van der Waals surface area contributed by atoms with Crippen molar-refractivity contribution in [1.82, 2.24) is 0 Å². The van der Waals surface area contributed by atoms with E-state index in [0.717, 1.165) is 0 Å². The summed E-state index contributed by atoms with van der Waals surface area (Å²) in [4.78, 5) is 0. The van der Waals surface area contributed by atoms with E-state index < -0.39 is 11.5 Å². The molecule has 2 rings (SSSR count). The third-order valence-corrected chi connectivity index (χ3v) is 2.57.